The third-order valence-electron chi connectivity index (χ3n) is 6.06. The maximum atomic E-state index is 12.7. The lowest BCUT2D eigenvalue weighted by Crippen LogP contribution is -2.47. The van der Waals surface area contributed by atoms with E-state index in [2.05, 4.69) is 12.2 Å². The summed E-state index contributed by atoms with van der Waals surface area (Å²) >= 11 is 0. The molecule has 5 heteroatoms. The predicted octanol–water partition coefficient (Wildman–Crippen LogP) is 2.39. The SMILES string of the molecule is C[C@@H]1CCCC[C@H]1NC(=O)CN1C(=O)CC2(CCCCC2)C1=O. The maximum Gasteiger partial charge on any atom is 0.240 e. The quantitative estimate of drug-likeness (QED) is 0.812. The van der Waals surface area contributed by atoms with Gasteiger partial charge in [0.15, 0.2) is 0 Å². The van der Waals surface area contributed by atoms with E-state index in [1.807, 2.05) is 0 Å². The number of amides is 3. The Hall–Kier alpha value is -1.39. The van der Waals surface area contributed by atoms with Crippen molar-refractivity contribution in [1.82, 2.24) is 10.2 Å². The van der Waals surface area contributed by atoms with Crippen LogP contribution in [0.25, 0.3) is 0 Å². The monoisotopic (exact) mass is 320 g/mol. The van der Waals surface area contributed by atoms with Gasteiger partial charge in [0.1, 0.15) is 6.54 Å². The summed E-state index contributed by atoms with van der Waals surface area (Å²) in [5, 5.41) is 3.04. The summed E-state index contributed by atoms with van der Waals surface area (Å²) in [6, 6.07) is 0.188. The number of likely N-dealkylation sites (tertiary alicyclic amines) is 1. The van der Waals surface area contributed by atoms with Crippen LogP contribution >= 0.6 is 0 Å². The van der Waals surface area contributed by atoms with Crippen LogP contribution in [-0.4, -0.2) is 35.2 Å². The third kappa shape index (κ3) is 3.29. The molecule has 1 saturated heterocycles. The fraction of sp³-hybridized carbons (Fsp3) is 0.833. The van der Waals surface area contributed by atoms with Crippen molar-refractivity contribution in [2.45, 2.75) is 77.2 Å². The van der Waals surface area contributed by atoms with Crippen LogP contribution in [0.5, 0.6) is 0 Å². The zero-order valence-corrected chi connectivity index (χ0v) is 14.1. The lowest BCUT2D eigenvalue weighted by molar-refractivity contribution is -0.145. The fourth-order valence-electron chi connectivity index (χ4n) is 4.57. The molecule has 23 heavy (non-hydrogen) atoms. The molecule has 2 aliphatic carbocycles. The summed E-state index contributed by atoms with van der Waals surface area (Å²) < 4.78 is 0. The Morgan fingerprint density at radius 3 is 2.52 bits per heavy atom. The van der Waals surface area contributed by atoms with E-state index >= 15 is 0 Å². The highest BCUT2D eigenvalue weighted by atomic mass is 16.2. The average molecular weight is 320 g/mol. The molecule has 0 aromatic heterocycles. The van der Waals surface area contributed by atoms with Crippen molar-refractivity contribution in [1.29, 1.82) is 0 Å². The molecule has 1 heterocycles. The molecule has 0 aromatic carbocycles. The molecule has 1 spiro atoms. The third-order valence-corrected chi connectivity index (χ3v) is 6.06. The van der Waals surface area contributed by atoms with E-state index < -0.39 is 5.41 Å². The maximum absolute atomic E-state index is 12.7. The normalized spacial score (nSPS) is 30.7. The molecular weight excluding hydrogens is 292 g/mol. The van der Waals surface area contributed by atoms with Gasteiger partial charge in [-0.3, -0.25) is 19.3 Å². The standard InChI is InChI=1S/C18H28N2O3/c1-13-7-3-4-8-14(13)19-15(21)12-20-16(22)11-18(17(20)23)9-5-2-6-10-18/h13-14H,2-12H2,1H3,(H,19,21)/t13-,14-/m1/s1. The lowest BCUT2D eigenvalue weighted by atomic mass is 9.73. The Labute approximate surface area is 138 Å². The van der Waals surface area contributed by atoms with E-state index in [0.29, 0.717) is 12.3 Å². The Morgan fingerprint density at radius 1 is 1.13 bits per heavy atom. The molecule has 2 atom stereocenters. The molecular formula is C18H28N2O3. The van der Waals surface area contributed by atoms with Gasteiger partial charge in [0, 0.05) is 12.5 Å². The number of nitrogens with zero attached hydrogens (tertiary/aromatic N) is 1. The largest absolute Gasteiger partial charge is 0.352 e. The number of hydrogen-bond donors (Lipinski definition) is 1. The second-order valence-corrected chi connectivity index (χ2v) is 7.74. The molecule has 5 nitrogen and oxygen atoms in total. The second kappa shape index (κ2) is 6.62. The lowest BCUT2D eigenvalue weighted by Gasteiger charge is -2.31. The van der Waals surface area contributed by atoms with Gasteiger partial charge in [0.05, 0.1) is 5.41 Å². The van der Waals surface area contributed by atoms with Gasteiger partial charge in [-0.25, -0.2) is 0 Å². The zero-order chi connectivity index (χ0) is 16.4. The highest BCUT2D eigenvalue weighted by molar-refractivity contribution is 6.08. The summed E-state index contributed by atoms with van der Waals surface area (Å²) in [4.78, 5) is 38.5. The minimum atomic E-state index is -0.492. The molecule has 0 radical (unpaired) electrons. The molecule has 3 aliphatic rings. The van der Waals surface area contributed by atoms with Crippen LogP contribution in [0.1, 0.15) is 71.1 Å². The van der Waals surface area contributed by atoms with Gasteiger partial charge in [-0.05, 0) is 31.6 Å². The Bertz CT molecular complexity index is 496. The minimum absolute atomic E-state index is 0.0946. The molecule has 3 amide bonds. The van der Waals surface area contributed by atoms with Gasteiger partial charge in [-0.2, -0.15) is 0 Å². The number of hydrogen-bond acceptors (Lipinski definition) is 3. The Kier molecular flexibility index (Phi) is 4.74. The summed E-state index contributed by atoms with van der Waals surface area (Å²) in [6.07, 6.45) is 9.57. The molecule has 3 rings (SSSR count). The second-order valence-electron chi connectivity index (χ2n) is 7.74. The van der Waals surface area contributed by atoms with Gasteiger partial charge in [-0.15, -0.1) is 0 Å². The van der Waals surface area contributed by atoms with Gasteiger partial charge >= 0.3 is 0 Å². The van der Waals surface area contributed by atoms with Gasteiger partial charge in [-0.1, -0.05) is 39.0 Å². The molecule has 2 saturated carbocycles. The first-order valence-corrected chi connectivity index (χ1v) is 9.16. The summed E-state index contributed by atoms with van der Waals surface area (Å²) in [7, 11) is 0. The van der Waals surface area contributed by atoms with Crippen molar-refractivity contribution in [3.8, 4) is 0 Å². The van der Waals surface area contributed by atoms with Gasteiger partial charge < -0.3 is 5.32 Å². The van der Waals surface area contributed by atoms with Gasteiger partial charge in [0.25, 0.3) is 0 Å². The van der Waals surface area contributed by atoms with Crippen molar-refractivity contribution in [2.75, 3.05) is 6.54 Å². The molecule has 0 unspecified atom stereocenters. The van der Waals surface area contributed by atoms with Crippen LogP contribution in [0, 0.1) is 11.3 Å². The number of rotatable bonds is 3. The van der Waals surface area contributed by atoms with E-state index in [1.165, 1.54) is 11.3 Å². The average Bonchev–Trinajstić information content (AvgIpc) is 2.75. The van der Waals surface area contributed by atoms with Crippen LogP contribution < -0.4 is 5.32 Å². The van der Waals surface area contributed by atoms with Crippen molar-refractivity contribution >= 4 is 17.7 Å². The summed E-state index contributed by atoms with van der Waals surface area (Å²) in [5.74, 6) is 0.0264. The van der Waals surface area contributed by atoms with Crippen LogP contribution in [0.15, 0.2) is 0 Å². The van der Waals surface area contributed by atoms with Crippen molar-refractivity contribution in [3.05, 3.63) is 0 Å². The molecule has 128 valence electrons. The predicted molar refractivity (Wildman–Crippen MR) is 86.4 cm³/mol. The van der Waals surface area contributed by atoms with Crippen molar-refractivity contribution < 1.29 is 14.4 Å². The first-order valence-electron chi connectivity index (χ1n) is 9.16. The zero-order valence-electron chi connectivity index (χ0n) is 14.1. The highest BCUT2D eigenvalue weighted by Crippen LogP contribution is 2.45. The van der Waals surface area contributed by atoms with E-state index in [0.717, 1.165) is 51.4 Å². The molecule has 1 aliphatic heterocycles. The first-order chi connectivity index (χ1) is 11.0. The van der Waals surface area contributed by atoms with E-state index in [4.69, 9.17) is 0 Å². The summed E-state index contributed by atoms with van der Waals surface area (Å²) in [5.41, 5.74) is -0.492. The molecule has 0 bridgehead atoms. The van der Waals surface area contributed by atoms with Crippen LogP contribution in [-0.2, 0) is 14.4 Å². The Balaban J connectivity index is 1.59. The fourth-order valence-corrected chi connectivity index (χ4v) is 4.57. The van der Waals surface area contributed by atoms with Crippen molar-refractivity contribution in [3.63, 3.8) is 0 Å². The van der Waals surface area contributed by atoms with Crippen LogP contribution in [0.2, 0.25) is 0 Å². The van der Waals surface area contributed by atoms with Crippen molar-refractivity contribution in [2.24, 2.45) is 11.3 Å². The van der Waals surface area contributed by atoms with E-state index in [-0.39, 0.29) is 30.3 Å². The minimum Gasteiger partial charge on any atom is -0.352 e. The molecule has 1 N–H and O–H groups in total. The molecule has 0 aromatic rings. The number of imide groups is 1. The van der Waals surface area contributed by atoms with Gasteiger partial charge in [0.2, 0.25) is 17.7 Å². The molecule has 3 fully saturated rings. The Morgan fingerprint density at radius 2 is 1.83 bits per heavy atom. The number of nitrogens with one attached hydrogen (secondary N) is 1. The number of carbonyl (C=O) groups excluding carboxylic acids is 3. The highest BCUT2D eigenvalue weighted by Gasteiger charge is 2.51. The topological polar surface area (TPSA) is 66.5 Å². The van der Waals surface area contributed by atoms with Crippen LogP contribution in [0.4, 0.5) is 0 Å². The summed E-state index contributed by atoms with van der Waals surface area (Å²) in [6.45, 7) is 2.07. The van der Waals surface area contributed by atoms with E-state index in [9.17, 15) is 14.4 Å². The van der Waals surface area contributed by atoms with E-state index in [1.54, 1.807) is 0 Å². The first kappa shape index (κ1) is 16.5. The smallest absolute Gasteiger partial charge is 0.240 e. The van der Waals surface area contributed by atoms with Crippen LogP contribution in [0.3, 0.4) is 0 Å². The number of carbonyl (C=O) groups is 3.